The molecular weight excluding hydrogens is 421 g/mol. The fourth-order valence-electron chi connectivity index (χ4n) is 2.37. The minimum atomic E-state index is -0.590. The molecule has 0 unspecified atom stereocenters. The van der Waals surface area contributed by atoms with Crippen molar-refractivity contribution in [1.29, 1.82) is 0 Å². The monoisotopic (exact) mass is 435 g/mol. The third-order valence-electron chi connectivity index (χ3n) is 3.65. The SMILES string of the molecule is COc1ccc(Br)cc1-c1nc(COc2ccc(C(C)=O)c(F)c2)cs1. The molecule has 0 N–H and O–H groups in total. The summed E-state index contributed by atoms with van der Waals surface area (Å²) in [6, 6.07) is 9.92. The van der Waals surface area contributed by atoms with Crippen LogP contribution in [0.15, 0.2) is 46.3 Å². The summed E-state index contributed by atoms with van der Waals surface area (Å²) in [6.45, 7) is 1.53. The van der Waals surface area contributed by atoms with Crippen molar-refractivity contribution in [2.24, 2.45) is 0 Å². The molecule has 0 spiro atoms. The molecule has 0 aliphatic rings. The van der Waals surface area contributed by atoms with Gasteiger partial charge in [0.1, 0.15) is 28.9 Å². The van der Waals surface area contributed by atoms with Crippen molar-refractivity contribution in [2.45, 2.75) is 13.5 Å². The van der Waals surface area contributed by atoms with Crippen LogP contribution in [0, 0.1) is 5.82 Å². The van der Waals surface area contributed by atoms with E-state index in [9.17, 15) is 9.18 Å². The number of carbonyl (C=O) groups excluding carboxylic acids is 1. The molecule has 26 heavy (non-hydrogen) atoms. The Balaban J connectivity index is 1.74. The minimum absolute atomic E-state index is 0.0510. The molecule has 0 fully saturated rings. The maximum Gasteiger partial charge on any atom is 0.162 e. The second kappa shape index (κ2) is 7.97. The molecule has 0 aliphatic carbocycles. The predicted molar refractivity (Wildman–Crippen MR) is 103 cm³/mol. The number of halogens is 2. The first kappa shape index (κ1) is 18.5. The third kappa shape index (κ3) is 4.11. The van der Waals surface area contributed by atoms with Gasteiger partial charge in [-0.1, -0.05) is 15.9 Å². The number of Topliss-reactive ketones (excluding diaryl/α,β-unsaturated/α-hetero) is 1. The number of thiazole rings is 1. The van der Waals surface area contributed by atoms with Crippen LogP contribution in [0.4, 0.5) is 4.39 Å². The van der Waals surface area contributed by atoms with E-state index in [0.717, 1.165) is 26.5 Å². The van der Waals surface area contributed by atoms with E-state index in [1.54, 1.807) is 13.2 Å². The minimum Gasteiger partial charge on any atom is -0.496 e. The number of hydrogen-bond acceptors (Lipinski definition) is 5. The Morgan fingerprint density at radius 2 is 2.08 bits per heavy atom. The summed E-state index contributed by atoms with van der Waals surface area (Å²) in [5.74, 6) is 0.174. The van der Waals surface area contributed by atoms with Gasteiger partial charge in [0.2, 0.25) is 0 Å². The molecule has 134 valence electrons. The number of nitrogens with zero attached hydrogens (tertiary/aromatic N) is 1. The van der Waals surface area contributed by atoms with Crippen molar-refractivity contribution in [1.82, 2.24) is 4.98 Å². The van der Waals surface area contributed by atoms with Crippen LogP contribution in [0.5, 0.6) is 11.5 Å². The fourth-order valence-corrected chi connectivity index (χ4v) is 3.56. The Hall–Kier alpha value is -2.25. The zero-order chi connectivity index (χ0) is 18.7. The number of benzene rings is 2. The maximum absolute atomic E-state index is 13.8. The predicted octanol–water partition coefficient (Wildman–Crippen LogP) is 5.50. The molecule has 0 saturated heterocycles. The highest BCUT2D eigenvalue weighted by molar-refractivity contribution is 9.10. The van der Waals surface area contributed by atoms with Gasteiger partial charge in [0.05, 0.1) is 23.9 Å². The number of methoxy groups -OCH3 is 1. The van der Waals surface area contributed by atoms with Crippen LogP contribution < -0.4 is 9.47 Å². The van der Waals surface area contributed by atoms with Gasteiger partial charge in [-0.15, -0.1) is 11.3 Å². The number of ketones is 1. The molecule has 0 radical (unpaired) electrons. The summed E-state index contributed by atoms with van der Waals surface area (Å²) in [5, 5.41) is 2.69. The molecule has 3 aromatic rings. The van der Waals surface area contributed by atoms with Crippen LogP contribution in [0.3, 0.4) is 0 Å². The standard InChI is InChI=1S/C19H15BrFNO3S/c1-11(23)15-5-4-14(8-17(15)21)25-9-13-10-26-19(22-13)16-7-12(20)3-6-18(16)24-2/h3-8,10H,9H2,1-2H3. The molecule has 0 bridgehead atoms. The quantitative estimate of drug-likeness (QED) is 0.479. The van der Waals surface area contributed by atoms with Crippen molar-refractivity contribution in [3.05, 3.63) is 63.3 Å². The second-order valence-corrected chi connectivity index (χ2v) is 7.25. The number of hydrogen-bond donors (Lipinski definition) is 0. The number of aromatic nitrogens is 1. The van der Waals surface area contributed by atoms with Crippen molar-refractivity contribution in [3.63, 3.8) is 0 Å². The lowest BCUT2D eigenvalue weighted by Gasteiger charge is -2.07. The van der Waals surface area contributed by atoms with E-state index in [1.807, 2.05) is 23.6 Å². The van der Waals surface area contributed by atoms with Crippen LogP contribution in [-0.2, 0) is 6.61 Å². The van der Waals surface area contributed by atoms with E-state index in [4.69, 9.17) is 9.47 Å². The van der Waals surface area contributed by atoms with E-state index in [-0.39, 0.29) is 18.0 Å². The summed E-state index contributed by atoms with van der Waals surface area (Å²) in [7, 11) is 1.61. The Morgan fingerprint density at radius 3 is 2.77 bits per heavy atom. The van der Waals surface area contributed by atoms with Gasteiger partial charge in [-0.05, 0) is 37.3 Å². The molecule has 0 atom stereocenters. The summed E-state index contributed by atoms with van der Waals surface area (Å²) in [5.41, 5.74) is 1.66. The lowest BCUT2D eigenvalue weighted by molar-refractivity contribution is 0.101. The number of ether oxygens (including phenoxy) is 2. The molecule has 0 amide bonds. The van der Waals surface area contributed by atoms with Gasteiger partial charge >= 0.3 is 0 Å². The van der Waals surface area contributed by atoms with Crippen LogP contribution >= 0.6 is 27.3 Å². The summed E-state index contributed by atoms with van der Waals surface area (Å²) >= 11 is 4.93. The summed E-state index contributed by atoms with van der Waals surface area (Å²) in [6.07, 6.45) is 0. The lowest BCUT2D eigenvalue weighted by Crippen LogP contribution is -2.00. The van der Waals surface area contributed by atoms with Crippen LogP contribution in [-0.4, -0.2) is 17.9 Å². The van der Waals surface area contributed by atoms with E-state index in [1.165, 1.54) is 30.4 Å². The van der Waals surface area contributed by atoms with Gasteiger partial charge in [0.25, 0.3) is 0 Å². The van der Waals surface area contributed by atoms with Crippen molar-refractivity contribution < 1.29 is 18.7 Å². The van der Waals surface area contributed by atoms with Crippen molar-refractivity contribution in [3.8, 4) is 22.1 Å². The van der Waals surface area contributed by atoms with Gasteiger partial charge in [-0.3, -0.25) is 4.79 Å². The molecule has 7 heteroatoms. The average Bonchev–Trinajstić information content (AvgIpc) is 3.08. The molecule has 0 saturated carbocycles. The highest BCUT2D eigenvalue weighted by atomic mass is 79.9. The van der Waals surface area contributed by atoms with Gasteiger partial charge in [-0.2, -0.15) is 0 Å². The second-order valence-electron chi connectivity index (χ2n) is 5.48. The van der Waals surface area contributed by atoms with Gasteiger partial charge in [-0.25, -0.2) is 9.37 Å². The van der Waals surface area contributed by atoms with Crippen molar-refractivity contribution >= 4 is 33.0 Å². The number of carbonyl (C=O) groups is 1. The fraction of sp³-hybridized carbons (Fsp3) is 0.158. The molecule has 3 rings (SSSR count). The average molecular weight is 436 g/mol. The first-order valence-corrected chi connectivity index (χ1v) is 9.37. The van der Waals surface area contributed by atoms with E-state index in [0.29, 0.717) is 5.75 Å². The van der Waals surface area contributed by atoms with E-state index >= 15 is 0 Å². The summed E-state index contributed by atoms with van der Waals surface area (Å²) in [4.78, 5) is 15.8. The number of rotatable bonds is 6. The van der Waals surface area contributed by atoms with Gasteiger partial charge in [0.15, 0.2) is 5.78 Å². The van der Waals surface area contributed by atoms with Gasteiger partial charge in [0, 0.05) is 15.9 Å². The summed E-state index contributed by atoms with van der Waals surface area (Å²) < 4.78 is 25.7. The first-order chi connectivity index (χ1) is 12.5. The lowest BCUT2D eigenvalue weighted by atomic mass is 10.1. The molecule has 4 nitrogen and oxygen atoms in total. The molecule has 1 aromatic heterocycles. The third-order valence-corrected chi connectivity index (χ3v) is 5.07. The van der Waals surface area contributed by atoms with Crippen LogP contribution in [0.25, 0.3) is 10.6 Å². The smallest absolute Gasteiger partial charge is 0.162 e. The highest BCUT2D eigenvalue weighted by Crippen LogP contribution is 2.34. The zero-order valence-corrected chi connectivity index (χ0v) is 16.5. The first-order valence-electron chi connectivity index (χ1n) is 7.69. The largest absolute Gasteiger partial charge is 0.496 e. The molecule has 2 aromatic carbocycles. The maximum atomic E-state index is 13.8. The zero-order valence-electron chi connectivity index (χ0n) is 14.1. The van der Waals surface area contributed by atoms with Crippen molar-refractivity contribution in [2.75, 3.05) is 7.11 Å². The Kier molecular flexibility index (Phi) is 5.68. The Morgan fingerprint density at radius 1 is 1.27 bits per heavy atom. The molecule has 1 heterocycles. The topological polar surface area (TPSA) is 48.4 Å². The Labute approximate surface area is 162 Å². The molecule has 0 aliphatic heterocycles. The Bertz CT molecular complexity index is 958. The van der Waals surface area contributed by atoms with E-state index < -0.39 is 5.82 Å². The highest BCUT2D eigenvalue weighted by Gasteiger charge is 2.12. The normalized spacial score (nSPS) is 10.6. The van der Waals surface area contributed by atoms with Crippen LogP contribution in [0.2, 0.25) is 0 Å². The van der Waals surface area contributed by atoms with Crippen LogP contribution in [0.1, 0.15) is 23.0 Å². The molecular formula is C19H15BrFNO3S. The van der Waals surface area contributed by atoms with E-state index in [2.05, 4.69) is 20.9 Å². The van der Waals surface area contributed by atoms with Gasteiger partial charge < -0.3 is 9.47 Å².